The quantitative estimate of drug-likeness (QED) is 0.373. The van der Waals surface area contributed by atoms with Crippen molar-refractivity contribution in [2.45, 2.75) is 19.0 Å². The molecule has 1 N–H and O–H groups in total. The van der Waals surface area contributed by atoms with Gasteiger partial charge < -0.3 is 10.2 Å². The molecule has 0 saturated carbocycles. The second kappa shape index (κ2) is 10.4. The highest BCUT2D eigenvalue weighted by Gasteiger charge is 2.31. The molecule has 1 saturated heterocycles. The number of halogens is 4. The highest BCUT2D eigenvalue weighted by molar-refractivity contribution is 9.10. The first-order valence-electron chi connectivity index (χ1n) is 10.9. The first kappa shape index (κ1) is 24.0. The number of carbonyl (C=O) groups excluding carboxylic acids is 1. The van der Waals surface area contributed by atoms with Gasteiger partial charge in [0, 0.05) is 58.2 Å². The zero-order valence-electron chi connectivity index (χ0n) is 18.0. The molecule has 0 radical (unpaired) electrons. The Morgan fingerprint density at radius 3 is 2.45 bits per heavy atom. The molecule has 0 bridgehead atoms. The number of piperazine rings is 1. The lowest BCUT2D eigenvalue weighted by Gasteiger charge is -2.36. The molecule has 1 aliphatic heterocycles. The number of carbonyl (C=O) groups is 1. The number of benzene rings is 2. The normalized spacial score (nSPS) is 15.2. The zero-order valence-corrected chi connectivity index (χ0v) is 20.4. The number of amides is 1. The average Bonchev–Trinajstić information content (AvgIpc) is 3.22. The van der Waals surface area contributed by atoms with Crippen LogP contribution in [0.25, 0.3) is 10.1 Å². The molecule has 0 aliphatic carbocycles. The van der Waals surface area contributed by atoms with E-state index in [1.165, 1.54) is 23.5 Å². The number of thiophene rings is 1. The number of hydrogen-bond donors (Lipinski definition) is 1. The monoisotopic (exact) mass is 539 g/mol. The second-order valence-corrected chi connectivity index (χ2v) is 9.96. The van der Waals surface area contributed by atoms with Crippen molar-refractivity contribution in [2.75, 3.05) is 44.2 Å². The molecule has 9 heteroatoms. The highest BCUT2D eigenvalue weighted by atomic mass is 79.9. The van der Waals surface area contributed by atoms with E-state index in [2.05, 4.69) is 31.0 Å². The number of alkyl halides is 3. The van der Waals surface area contributed by atoms with Gasteiger partial charge in [0.15, 0.2) is 0 Å². The summed E-state index contributed by atoms with van der Waals surface area (Å²) >= 11 is 4.73. The van der Waals surface area contributed by atoms with E-state index in [9.17, 15) is 18.0 Å². The lowest BCUT2D eigenvalue weighted by Crippen LogP contribution is -2.46. The van der Waals surface area contributed by atoms with Crippen molar-refractivity contribution in [3.8, 4) is 0 Å². The Labute approximate surface area is 203 Å². The van der Waals surface area contributed by atoms with Crippen molar-refractivity contribution in [1.29, 1.82) is 0 Å². The summed E-state index contributed by atoms with van der Waals surface area (Å²) in [6, 6.07) is 11.3. The molecule has 176 valence electrons. The molecule has 0 atom stereocenters. The summed E-state index contributed by atoms with van der Waals surface area (Å²) in [6.45, 7) is 5.17. The Hall–Kier alpha value is -2.10. The van der Waals surface area contributed by atoms with Crippen molar-refractivity contribution in [1.82, 2.24) is 10.2 Å². The van der Waals surface area contributed by atoms with E-state index < -0.39 is 11.7 Å². The Kier molecular flexibility index (Phi) is 7.61. The zero-order chi connectivity index (χ0) is 23.4. The fourth-order valence-electron chi connectivity index (χ4n) is 4.01. The lowest BCUT2D eigenvalue weighted by atomic mass is 10.1. The molecule has 1 amide bonds. The number of nitrogens with zero attached hydrogens (tertiary/aromatic N) is 2. The number of unbranched alkanes of at least 4 members (excludes halogenated alkanes) is 1. The molecule has 4 rings (SSSR count). The van der Waals surface area contributed by atoms with Gasteiger partial charge in [-0.15, -0.1) is 11.3 Å². The largest absolute Gasteiger partial charge is 0.416 e. The fourth-order valence-corrected chi connectivity index (χ4v) is 5.29. The minimum Gasteiger partial charge on any atom is -0.368 e. The van der Waals surface area contributed by atoms with Gasteiger partial charge in [-0.1, -0.05) is 22.0 Å². The molecule has 1 aliphatic rings. The third kappa shape index (κ3) is 6.07. The van der Waals surface area contributed by atoms with Crippen LogP contribution in [0.15, 0.2) is 52.3 Å². The SMILES string of the molecule is O=C(NCCCCN1CCN(c2csc3cc(C(F)(F)F)ccc23)CC1)c1ccc(Br)cc1. The minimum absolute atomic E-state index is 0.0542. The van der Waals surface area contributed by atoms with Crippen LogP contribution in [0.3, 0.4) is 0 Å². The molecular formula is C24H25BrF3N3OS. The number of rotatable bonds is 7. The number of hydrogen-bond acceptors (Lipinski definition) is 4. The lowest BCUT2D eigenvalue weighted by molar-refractivity contribution is -0.137. The number of fused-ring (bicyclic) bond motifs is 1. The molecule has 2 aromatic carbocycles. The summed E-state index contributed by atoms with van der Waals surface area (Å²) in [5.74, 6) is -0.0542. The fraction of sp³-hybridized carbons (Fsp3) is 0.375. The van der Waals surface area contributed by atoms with Crippen LogP contribution in [0.4, 0.5) is 18.9 Å². The second-order valence-electron chi connectivity index (χ2n) is 8.13. The van der Waals surface area contributed by atoms with Crippen LogP contribution in [0.2, 0.25) is 0 Å². The van der Waals surface area contributed by atoms with Crippen LogP contribution in [0, 0.1) is 0 Å². The molecule has 1 aromatic heterocycles. The molecule has 4 nitrogen and oxygen atoms in total. The Morgan fingerprint density at radius 1 is 1.03 bits per heavy atom. The van der Waals surface area contributed by atoms with E-state index in [0.717, 1.165) is 61.1 Å². The predicted octanol–water partition coefficient (Wildman–Crippen LogP) is 6.01. The van der Waals surface area contributed by atoms with E-state index in [4.69, 9.17) is 0 Å². The van der Waals surface area contributed by atoms with Crippen molar-refractivity contribution in [3.05, 3.63) is 63.4 Å². The van der Waals surface area contributed by atoms with Crippen LogP contribution in [-0.4, -0.2) is 50.1 Å². The van der Waals surface area contributed by atoms with E-state index in [0.29, 0.717) is 16.8 Å². The topological polar surface area (TPSA) is 35.6 Å². The van der Waals surface area contributed by atoms with Crippen LogP contribution in [0.5, 0.6) is 0 Å². The van der Waals surface area contributed by atoms with Crippen LogP contribution in [-0.2, 0) is 6.18 Å². The van der Waals surface area contributed by atoms with Gasteiger partial charge >= 0.3 is 6.18 Å². The molecular weight excluding hydrogens is 515 g/mol. The summed E-state index contributed by atoms with van der Waals surface area (Å²) in [7, 11) is 0. The summed E-state index contributed by atoms with van der Waals surface area (Å²) in [5, 5.41) is 5.82. The van der Waals surface area contributed by atoms with Crippen molar-refractivity contribution in [3.63, 3.8) is 0 Å². The summed E-state index contributed by atoms with van der Waals surface area (Å²) in [6.07, 6.45) is -2.40. The first-order valence-corrected chi connectivity index (χ1v) is 12.6. The third-order valence-electron chi connectivity index (χ3n) is 5.89. The van der Waals surface area contributed by atoms with Gasteiger partial charge in [-0.2, -0.15) is 13.2 Å². The van der Waals surface area contributed by atoms with Gasteiger partial charge in [-0.25, -0.2) is 0 Å². The van der Waals surface area contributed by atoms with Crippen LogP contribution >= 0.6 is 27.3 Å². The van der Waals surface area contributed by atoms with Gasteiger partial charge in [0.05, 0.1) is 11.3 Å². The van der Waals surface area contributed by atoms with Crippen LogP contribution in [0.1, 0.15) is 28.8 Å². The summed E-state index contributed by atoms with van der Waals surface area (Å²) in [4.78, 5) is 16.8. The Bertz CT molecular complexity index is 1090. The predicted molar refractivity (Wildman–Crippen MR) is 131 cm³/mol. The van der Waals surface area contributed by atoms with E-state index in [-0.39, 0.29) is 5.91 Å². The van der Waals surface area contributed by atoms with E-state index in [1.54, 1.807) is 18.2 Å². The van der Waals surface area contributed by atoms with E-state index in [1.807, 2.05) is 17.5 Å². The molecule has 1 fully saturated rings. The maximum atomic E-state index is 13.0. The molecule has 2 heterocycles. The average molecular weight is 540 g/mol. The van der Waals surface area contributed by atoms with Gasteiger partial charge in [0.2, 0.25) is 0 Å². The first-order chi connectivity index (χ1) is 15.8. The van der Waals surface area contributed by atoms with Gasteiger partial charge in [-0.05, 0) is 55.8 Å². The molecule has 0 unspecified atom stereocenters. The maximum Gasteiger partial charge on any atom is 0.416 e. The smallest absolute Gasteiger partial charge is 0.368 e. The highest BCUT2D eigenvalue weighted by Crippen LogP contribution is 2.38. The Morgan fingerprint density at radius 2 is 1.76 bits per heavy atom. The molecule has 33 heavy (non-hydrogen) atoms. The van der Waals surface area contributed by atoms with Gasteiger partial charge in [0.25, 0.3) is 5.91 Å². The number of nitrogens with one attached hydrogen (secondary N) is 1. The van der Waals surface area contributed by atoms with Gasteiger partial charge in [0.1, 0.15) is 0 Å². The van der Waals surface area contributed by atoms with Crippen molar-refractivity contribution >= 4 is 48.9 Å². The molecule has 3 aromatic rings. The van der Waals surface area contributed by atoms with Gasteiger partial charge in [-0.3, -0.25) is 9.69 Å². The van der Waals surface area contributed by atoms with Crippen molar-refractivity contribution < 1.29 is 18.0 Å². The van der Waals surface area contributed by atoms with Crippen molar-refractivity contribution in [2.24, 2.45) is 0 Å². The minimum atomic E-state index is -4.31. The third-order valence-corrected chi connectivity index (χ3v) is 7.35. The van der Waals surface area contributed by atoms with Crippen LogP contribution < -0.4 is 10.2 Å². The summed E-state index contributed by atoms with van der Waals surface area (Å²) < 4.78 is 40.5. The standard InChI is InChI=1S/C24H25BrF3N3OS/c25-19-6-3-17(4-7-19)23(32)29-9-1-2-10-30-11-13-31(14-12-30)21-16-33-22-15-18(24(26,27)28)5-8-20(21)22/h3-8,15-16H,1-2,9-14H2,(H,29,32). The maximum absolute atomic E-state index is 13.0. The molecule has 0 spiro atoms. The Balaban J connectivity index is 1.19. The van der Waals surface area contributed by atoms with E-state index >= 15 is 0 Å². The number of anilines is 1. The summed E-state index contributed by atoms with van der Waals surface area (Å²) in [5.41, 5.74) is 1.09.